The van der Waals surface area contributed by atoms with Crippen molar-refractivity contribution in [2.45, 2.75) is 26.4 Å². The Morgan fingerprint density at radius 1 is 1.13 bits per heavy atom. The van der Waals surface area contributed by atoms with E-state index in [2.05, 4.69) is 34.6 Å². The van der Waals surface area contributed by atoms with Gasteiger partial charge >= 0.3 is 0 Å². The minimum Gasteiger partial charge on any atom is -0.493 e. The number of nitrogens with one attached hydrogen (secondary N) is 2. The van der Waals surface area contributed by atoms with Crippen LogP contribution in [-0.2, 0) is 19.5 Å². The van der Waals surface area contributed by atoms with Crippen molar-refractivity contribution in [3.8, 4) is 11.5 Å². The molecule has 30 heavy (non-hydrogen) atoms. The standard InChI is InChI=1S/C23H30N4O3/c1-5-25-23(26-14-16-7-6-8-18(11-16)22(28)24-2)27-10-9-17-12-20(29-3)21(30-4)13-19(17)15-27/h6-8,11-13H,5,9-10,14-15H2,1-4H3,(H,24,28)(H,25,26). The van der Waals surface area contributed by atoms with Crippen LogP contribution >= 0.6 is 0 Å². The van der Waals surface area contributed by atoms with Gasteiger partial charge in [-0.1, -0.05) is 12.1 Å². The van der Waals surface area contributed by atoms with E-state index in [1.807, 2.05) is 18.2 Å². The number of ether oxygens (including phenoxy) is 2. The molecule has 0 saturated heterocycles. The van der Waals surface area contributed by atoms with Gasteiger partial charge in [-0.3, -0.25) is 4.79 Å². The van der Waals surface area contributed by atoms with Crippen LogP contribution in [0.4, 0.5) is 0 Å². The monoisotopic (exact) mass is 410 g/mol. The molecule has 1 aliphatic heterocycles. The first kappa shape index (κ1) is 21.5. The molecule has 0 saturated carbocycles. The normalized spacial score (nSPS) is 13.5. The molecule has 1 heterocycles. The van der Waals surface area contributed by atoms with Crippen molar-refractivity contribution < 1.29 is 14.3 Å². The van der Waals surface area contributed by atoms with Gasteiger partial charge in [0, 0.05) is 32.2 Å². The quantitative estimate of drug-likeness (QED) is 0.566. The number of fused-ring (bicyclic) bond motifs is 1. The Hall–Kier alpha value is -3.22. The molecule has 160 valence electrons. The fourth-order valence-electron chi connectivity index (χ4n) is 3.61. The highest BCUT2D eigenvalue weighted by Gasteiger charge is 2.21. The first-order valence-corrected chi connectivity index (χ1v) is 10.2. The predicted molar refractivity (Wildman–Crippen MR) is 118 cm³/mol. The number of hydrogen-bond donors (Lipinski definition) is 2. The van der Waals surface area contributed by atoms with E-state index in [-0.39, 0.29) is 5.91 Å². The van der Waals surface area contributed by atoms with E-state index in [1.54, 1.807) is 27.3 Å². The Morgan fingerprint density at radius 3 is 2.53 bits per heavy atom. The number of rotatable bonds is 6. The third-order valence-corrected chi connectivity index (χ3v) is 5.18. The molecule has 0 atom stereocenters. The summed E-state index contributed by atoms with van der Waals surface area (Å²) in [5, 5.41) is 6.05. The van der Waals surface area contributed by atoms with Crippen molar-refractivity contribution >= 4 is 11.9 Å². The van der Waals surface area contributed by atoms with Crippen LogP contribution in [0.1, 0.15) is 34.0 Å². The van der Waals surface area contributed by atoms with Crippen molar-refractivity contribution in [2.75, 3.05) is 34.4 Å². The molecule has 3 rings (SSSR count). The molecule has 2 N–H and O–H groups in total. The first-order chi connectivity index (χ1) is 14.6. The summed E-state index contributed by atoms with van der Waals surface area (Å²) in [6.45, 7) is 4.97. The summed E-state index contributed by atoms with van der Waals surface area (Å²) in [5.74, 6) is 2.28. The summed E-state index contributed by atoms with van der Waals surface area (Å²) >= 11 is 0. The molecule has 2 aromatic rings. The molecule has 0 spiro atoms. The van der Waals surface area contributed by atoms with Crippen LogP contribution in [0.2, 0.25) is 0 Å². The van der Waals surface area contributed by atoms with Crippen molar-refractivity contribution in [1.82, 2.24) is 15.5 Å². The number of guanidine groups is 1. The van der Waals surface area contributed by atoms with Gasteiger partial charge in [-0.2, -0.15) is 0 Å². The zero-order valence-corrected chi connectivity index (χ0v) is 18.1. The number of benzene rings is 2. The summed E-state index contributed by atoms with van der Waals surface area (Å²) in [6, 6.07) is 11.7. The van der Waals surface area contributed by atoms with E-state index in [9.17, 15) is 4.79 Å². The molecule has 0 aromatic heterocycles. The van der Waals surface area contributed by atoms with E-state index in [4.69, 9.17) is 14.5 Å². The van der Waals surface area contributed by atoms with Gasteiger partial charge in [-0.15, -0.1) is 0 Å². The first-order valence-electron chi connectivity index (χ1n) is 10.2. The largest absolute Gasteiger partial charge is 0.493 e. The van der Waals surface area contributed by atoms with Crippen LogP contribution in [0.15, 0.2) is 41.4 Å². The molecule has 7 nitrogen and oxygen atoms in total. The molecule has 2 aromatic carbocycles. The molecule has 0 aliphatic carbocycles. The highest BCUT2D eigenvalue weighted by molar-refractivity contribution is 5.94. The number of nitrogens with zero attached hydrogens (tertiary/aromatic N) is 2. The maximum absolute atomic E-state index is 11.9. The van der Waals surface area contributed by atoms with Crippen LogP contribution in [0.25, 0.3) is 0 Å². The summed E-state index contributed by atoms with van der Waals surface area (Å²) in [5.41, 5.74) is 4.13. The minimum atomic E-state index is -0.0928. The lowest BCUT2D eigenvalue weighted by Gasteiger charge is -2.32. The maximum atomic E-state index is 11.9. The van der Waals surface area contributed by atoms with Gasteiger partial charge < -0.3 is 25.0 Å². The maximum Gasteiger partial charge on any atom is 0.251 e. The van der Waals surface area contributed by atoms with E-state index in [1.165, 1.54) is 11.1 Å². The lowest BCUT2D eigenvalue weighted by atomic mass is 9.99. The van der Waals surface area contributed by atoms with Gasteiger partial charge in [0.05, 0.1) is 20.8 Å². The van der Waals surface area contributed by atoms with Crippen molar-refractivity contribution in [3.05, 3.63) is 58.7 Å². The highest BCUT2D eigenvalue weighted by atomic mass is 16.5. The molecule has 7 heteroatoms. The van der Waals surface area contributed by atoms with Gasteiger partial charge in [0.2, 0.25) is 0 Å². The zero-order chi connectivity index (χ0) is 21.5. The molecule has 1 aliphatic rings. The van der Waals surface area contributed by atoms with E-state index in [0.29, 0.717) is 12.1 Å². The Labute approximate surface area is 178 Å². The Balaban J connectivity index is 1.79. The van der Waals surface area contributed by atoms with Crippen LogP contribution in [0, 0.1) is 0 Å². The summed E-state index contributed by atoms with van der Waals surface area (Å²) in [6.07, 6.45) is 0.909. The predicted octanol–water partition coefficient (Wildman–Crippen LogP) is 2.59. The van der Waals surface area contributed by atoms with Gasteiger partial charge in [0.1, 0.15) is 0 Å². The molecular formula is C23H30N4O3. The lowest BCUT2D eigenvalue weighted by Crippen LogP contribution is -2.44. The smallest absolute Gasteiger partial charge is 0.251 e. The molecule has 0 radical (unpaired) electrons. The number of carbonyl (C=O) groups excluding carboxylic acids is 1. The fourth-order valence-corrected chi connectivity index (χ4v) is 3.61. The minimum absolute atomic E-state index is 0.0928. The van der Waals surface area contributed by atoms with Crippen molar-refractivity contribution in [2.24, 2.45) is 4.99 Å². The topological polar surface area (TPSA) is 75.2 Å². The Morgan fingerprint density at radius 2 is 1.87 bits per heavy atom. The fraction of sp³-hybridized carbons (Fsp3) is 0.391. The van der Waals surface area contributed by atoms with E-state index >= 15 is 0 Å². The number of methoxy groups -OCH3 is 2. The number of carbonyl (C=O) groups is 1. The second-order valence-corrected chi connectivity index (χ2v) is 7.10. The van der Waals surface area contributed by atoms with Crippen LogP contribution in [-0.4, -0.2) is 51.1 Å². The number of aliphatic imine (C=N–C) groups is 1. The average molecular weight is 411 g/mol. The average Bonchev–Trinajstić information content (AvgIpc) is 2.80. The van der Waals surface area contributed by atoms with Crippen molar-refractivity contribution in [3.63, 3.8) is 0 Å². The van der Waals surface area contributed by atoms with E-state index in [0.717, 1.165) is 49.1 Å². The number of hydrogen-bond acceptors (Lipinski definition) is 4. The molecule has 1 amide bonds. The second-order valence-electron chi connectivity index (χ2n) is 7.10. The van der Waals surface area contributed by atoms with Crippen LogP contribution in [0.3, 0.4) is 0 Å². The third kappa shape index (κ3) is 4.84. The lowest BCUT2D eigenvalue weighted by molar-refractivity contribution is 0.0963. The SMILES string of the molecule is CCNC(=NCc1cccc(C(=O)NC)c1)N1CCc2cc(OC)c(OC)cc2C1. The molecule has 0 bridgehead atoms. The van der Waals surface area contributed by atoms with Crippen molar-refractivity contribution in [1.29, 1.82) is 0 Å². The summed E-state index contributed by atoms with van der Waals surface area (Å²) in [4.78, 5) is 19.0. The van der Waals surface area contributed by atoms with Gasteiger partial charge in [-0.25, -0.2) is 4.99 Å². The Kier molecular flexibility index (Phi) is 7.17. The third-order valence-electron chi connectivity index (χ3n) is 5.18. The van der Waals surface area contributed by atoms with Crippen LogP contribution in [0.5, 0.6) is 11.5 Å². The highest BCUT2D eigenvalue weighted by Crippen LogP contribution is 2.33. The zero-order valence-electron chi connectivity index (χ0n) is 18.1. The molecule has 0 unspecified atom stereocenters. The second kappa shape index (κ2) is 10.0. The van der Waals surface area contributed by atoms with E-state index < -0.39 is 0 Å². The summed E-state index contributed by atoms with van der Waals surface area (Å²) < 4.78 is 10.9. The number of amides is 1. The van der Waals surface area contributed by atoms with Gasteiger partial charge in [0.15, 0.2) is 17.5 Å². The van der Waals surface area contributed by atoms with Gasteiger partial charge in [0.25, 0.3) is 5.91 Å². The van der Waals surface area contributed by atoms with Crippen LogP contribution < -0.4 is 20.1 Å². The molecule has 0 fully saturated rings. The van der Waals surface area contributed by atoms with Gasteiger partial charge in [-0.05, 0) is 54.3 Å². The summed E-state index contributed by atoms with van der Waals surface area (Å²) in [7, 11) is 4.95. The molecular weight excluding hydrogens is 380 g/mol. The Bertz CT molecular complexity index is 927.